The van der Waals surface area contributed by atoms with Crippen molar-refractivity contribution in [2.75, 3.05) is 32.7 Å². The van der Waals surface area contributed by atoms with Gasteiger partial charge in [0.15, 0.2) is 5.65 Å². The second kappa shape index (κ2) is 10.8. The minimum Gasteiger partial charge on any atom is -0.406 e. The third kappa shape index (κ3) is 6.06. The number of benzene rings is 1. The Hall–Kier alpha value is -3.28. The average molecular weight is 538 g/mol. The molecule has 0 aliphatic carbocycles. The van der Waals surface area contributed by atoms with Crippen LogP contribution in [-0.4, -0.2) is 76.2 Å². The molecule has 7 nitrogen and oxygen atoms in total. The number of halogens is 5. The number of likely N-dealkylation sites (tertiary alicyclic amines) is 2. The Balaban J connectivity index is 1.21. The summed E-state index contributed by atoms with van der Waals surface area (Å²) in [6, 6.07) is 6.91. The van der Waals surface area contributed by atoms with E-state index >= 15 is 0 Å². The van der Waals surface area contributed by atoms with Crippen LogP contribution < -0.4 is 4.74 Å². The average Bonchev–Trinajstić information content (AvgIpc) is 3.33. The summed E-state index contributed by atoms with van der Waals surface area (Å²) in [5.74, 6) is 0.574. The Morgan fingerprint density at radius 2 is 1.66 bits per heavy atom. The number of aromatic amines is 1. The number of nitrogens with one attached hydrogen (secondary N) is 1. The monoisotopic (exact) mass is 537 g/mol. The Bertz CT molecular complexity index is 1250. The van der Waals surface area contributed by atoms with Gasteiger partial charge in [0.05, 0.1) is 6.54 Å². The van der Waals surface area contributed by atoms with Crippen molar-refractivity contribution in [2.24, 2.45) is 0 Å². The number of hydrogen-bond acceptors (Lipinski definition) is 5. The van der Waals surface area contributed by atoms with Gasteiger partial charge < -0.3 is 14.6 Å². The molecule has 3 aromatic rings. The molecule has 0 saturated carbocycles. The van der Waals surface area contributed by atoms with Crippen molar-refractivity contribution in [1.82, 2.24) is 24.8 Å². The van der Waals surface area contributed by atoms with Gasteiger partial charge in [0.25, 0.3) is 12.3 Å². The highest BCUT2D eigenvalue weighted by molar-refractivity contribution is 5.94. The minimum atomic E-state index is -4.78. The smallest absolute Gasteiger partial charge is 0.406 e. The molecule has 0 atom stereocenters. The van der Waals surface area contributed by atoms with Crippen molar-refractivity contribution in [1.29, 1.82) is 0 Å². The third-order valence-corrected chi connectivity index (χ3v) is 7.36. The van der Waals surface area contributed by atoms with Crippen LogP contribution >= 0.6 is 0 Å². The fourth-order valence-corrected chi connectivity index (χ4v) is 5.43. The van der Waals surface area contributed by atoms with E-state index in [0.29, 0.717) is 50.2 Å². The Kier molecular flexibility index (Phi) is 7.51. The van der Waals surface area contributed by atoms with E-state index in [2.05, 4.69) is 14.7 Å². The van der Waals surface area contributed by atoms with E-state index in [9.17, 15) is 26.7 Å². The van der Waals surface area contributed by atoms with Gasteiger partial charge in [-0.25, -0.2) is 18.7 Å². The molecular formula is C26H28F5N5O2. The van der Waals surface area contributed by atoms with E-state index in [0.717, 1.165) is 41.9 Å². The van der Waals surface area contributed by atoms with E-state index < -0.39 is 12.8 Å². The molecule has 0 spiro atoms. The number of pyridine rings is 1. The number of imidazole rings is 1. The first kappa shape index (κ1) is 26.3. The Labute approximate surface area is 216 Å². The van der Waals surface area contributed by atoms with Crippen LogP contribution in [0, 0.1) is 0 Å². The van der Waals surface area contributed by atoms with Crippen LogP contribution in [0.3, 0.4) is 0 Å². The minimum absolute atomic E-state index is 0.165. The third-order valence-electron chi connectivity index (χ3n) is 7.36. The van der Waals surface area contributed by atoms with Crippen LogP contribution in [-0.2, 0) is 0 Å². The first-order chi connectivity index (χ1) is 18.2. The lowest BCUT2D eigenvalue weighted by Gasteiger charge is -2.32. The normalized spacial score (nSPS) is 18.4. The van der Waals surface area contributed by atoms with Crippen molar-refractivity contribution in [3.05, 3.63) is 53.5 Å². The second-order valence-corrected chi connectivity index (χ2v) is 9.82. The molecule has 1 aromatic carbocycles. The number of H-pyrrole nitrogens is 1. The number of ether oxygens (including phenoxy) is 1. The standard InChI is InChI=1S/C26H28F5N5O2/c27-21(28)15-35-11-6-17(7-12-35)23-33-22-20(5-10-32-24(22)34-23)16-8-13-36(14-9-16)25(37)18-1-3-19(4-2-18)38-26(29,30)31/h1-5,10,16-17,21H,6-9,11-15H2,(H,32,33,34). The molecule has 12 heteroatoms. The largest absolute Gasteiger partial charge is 0.573 e. The molecule has 2 aromatic heterocycles. The number of nitrogens with zero attached hydrogens (tertiary/aromatic N) is 4. The van der Waals surface area contributed by atoms with Crippen LogP contribution in [0.15, 0.2) is 36.5 Å². The first-order valence-electron chi connectivity index (χ1n) is 12.7. The SMILES string of the molecule is O=C(c1ccc(OC(F)(F)F)cc1)N1CCC(c2ccnc3[nH]c(C4CCN(CC(F)F)CC4)nc23)CC1. The van der Waals surface area contributed by atoms with Crippen LogP contribution in [0.25, 0.3) is 11.2 Å². The summed E-state index contributed by atoms with van der Waals surface area (Å²) in [5.41, 5.74) is 2.88. The predicted octanol–water partition coefficient (Wildman–Crippen LogP) is 5.32. The van der Waals surface area contributed by atoms with Gasteiger partial charge in [-0.2, -0.15) is 0 Å². The van der Waals surface area contributed by atoms with Crippen LogP contribution in [0.1, 0.15) is 59.3 Å². The molecule has 204 valence electrons. The van der Waals surface area contributed by atoms with E-state index in [1.165, 1.54) is 12.1 Å². The number of aromatic nitrogens is 3. The highest BCUT2D eigenvalue weighted by atomic mass is 19.4. The molecule has 0 unspecified atom stereocenters. The van der Waals surface area contributed by atoms with Gasteiger partial charge in [0, 0.05) is 30.8 Å². The van der Waals surface area contributed by atoms with E-state index in [4.69, 9.17) is 4.98 Å². The van der Waals surface area contributed by atoms with Crippen molar-refractivity contribution >= 4 is 17.1 Å². The maximum absolute atomic E-state index is 12.9. The van der Waals surface area contributed by atoms with Gasteiger partial charge in [-0.15, -0.1) is 13.2 Å². The lowest BCUT2D eigenvalue weighted by Crippen LogP contribution is -2.38. The maximum Gasteiger partial charge on any atom is 0.573 e. The number of carbonyl (C=O) groups excluding carboxylic acids is 1. The second-order valence-electron chi connectivity index (χ2n) is 9.82. The van der Waals surface area contributed by atoms with Crippen molar-refractivity contribution in [2.45, 2.75) is 50.3 Å². The van der Waals surface area contributed by atoms with Crippen molar-refractivity contribution < 1.29 is 31.5 Å². The van der Waals surface area contributed by atoms with Gasteiger partial charge in [-0.1, -0.05) is 0 Å². The summed E-state index contributed by atoms with van der Waals surface area (Å²) < 4.78 is 66.4. The van der Waals surface area contributed by atoms with Gasteiger partial charge in [0.2, 0.25) is 0 Å². The molecule has 2 fully saturated rings. The van der Waals surface area contributed by atoms with E-state index in [-0.39, 0.29) is 30.0 Å². The zero-order chi connectivity index (χ0) is 26.9. The predicted molar refractivity (Wildman–Crippen MR) is 129 cm³/mol. The summed E-state index contributed by atoms with van der Waals surface area (Å²) in [7, 11) is 0. The highest BCUT2D eigenvalue weighted by Gasteiger charge is 2.32. The maximum atomic E-state index is 12.9. The molecule has 2 aliphatic heterocycles. The number of rotatable bonds is 6. The summed E-state index contributed by atoms with van der Waals surface area (Å²) in [6.07, 6.45) is -2.42. The quantitative estimate of drug-likeness (QED) is 0.431. The summed E-state index contributed by atoms with van der Waals surface area (Å²) in [5, 5.41) is 0. The molecule has 38 heavy (non-hydrogen) atoms. The van der Waals surface area contributed by atoms with Gasteiger partial charge in [0.1, 0.15) is 17.1 Å². The lowest BCUT2D eigenvalue weighted by molar-refractivity contribution is -0.274. The van der Waals surface area contributed by atoms with E-state index in [1.54, 1.807) is 16.0 Å². The summed E-state index contributed by atoms with van der Waals surface area (Å²) >= 11 is 0. The summed E-state index contributed by atoms with van der Waals surface area (Å²) in [4.78, 5) is 29.0. The fourth-order valence-electron chi connectivity index (χ4n) is 5.43. The first-order valence-corrected chi connectivity index (χ1v) is 12.7. The summed E-state index contributed by atoms with van der Waals surface area (Å²) in [6.45, 7) is 2.04. The van der Waals surface area contributed by atoms with Gasteiger partial charge >= 0.3 is 6.36 Å². The van der Waals surface area contributed by atoms with Gasteiger partial charge in [-0.3, -0.25) is 9.69 Å². The van der Waals surface area contributed by atoms with Gasteiger partial charge in [-0.05, 0) is 80.6 Å². The highest BCUT2D eigenvalue weighted by Crippen LogP contribution is 2.34. The molecule has 1 amide bonds. The van der Waals surface area contributed by atoms with Crippen LogP contribution in [0.2, 0.25) is 0 Å². The topological polar surface area (TPSA) is 74.3 Å². The van der Waals surface area contributed by atoms with Crippen LogP contribution in [0.4, 0.5) is 22.0 Å². The molecule has 5 rings (SSSR count). The molecule has 2 saturated heterocycles. The number of hydrogen-bond donors (Lipinski definition) is 1. The molecule has 2 aliphatic rings. The molecular weight excluding hydrogens is 509 g/mol. The van der Waals surface area contributed by atoms with Crippen molar-refractivity contribution in [3.8, 4) is 5.75 Å². The number of carbonyl (C=O) groups is 1. The number of fused-ring (bicyclic) bond motifs is 1. The molecule has 0 radical (unpaired) electrons. The Morgan fingerprint density at radius 3 is 2.29 bits per heavy atom. The zero-order valence-corrected chi connectivity index (χ0v) is 20.6. The number of amides is 1. The number of alkyl halides is 5. The zero-order valence-electron chi connectivity index (χ0n) is 20.6. The molecule has 0 bridgehead atoms. The van der Waals surface area contributed by atoms with Crippen LogP contribution in [0.5, 0.6) is 5.75 Å². The molecule has 1 N–H and O–H groups in total. The van der Waals surface area contributed by atoms with E-state index in [1.807, 2.05) is 6.07 Å². The number of piperidine rings is 2. The molecule has 4 heterocycles. The fraction of sp³-hybridized carbons (Fsp3) is 0.500. The lowest BCUT2D eigenvalue weighted by atomic mass is 9.89. The van der Waals surface area contributed by atoms with Crippen molar-refractivity contribution in [3.63, 3.8) is 0 Å². The Morgan fingerprint density at radius 1 is 1.00 bits per heavy atom.